The van der Waals surface area contributed by atoms with Gasteiger partial charge in [-0.15, -0.1) is 0 Å². The van der Waals surface area contributed by atoms with E-state index in [1.165, 1.54) is 16.7 Å². The van der Waals surface area contributed by atoms with Gasteiger partial charge < -0.3 is 10.1 Å². The monoisotopic (exact) mass is 314 g/mol. The highest BCUT2D eigenvalue weighted by Crippen LogP contribution is 2.18. The summed E-state index contributed by atoms with van der Waals surface area (Å²) >= 11 is 0. The van der Waals surface area contributed by atoms with E-state index in [-0.39, 0.29) is 11.0 Å². The summed E-state index contributed by atoms with van der Waals surface area (Å²) in [4.78, 5) is 8.24. The molecule has 8 heteroatoms. The molecule has 0 saturated carbocycles. The first-order chi connectivity index (χ1) is 10.0. The third-order valence-corrected chi connectivity index (χ3v) is 5.03. The van der Waals surface area contributed by atoms with Crippen LogP contribution in [0.15, 0.2) is 17.3 Å². The third-order valence-electron chi connectivity index (χ3n) is 3.21. The molecule has 2 heterocycles. The molecule has 1 saturated heterocycles. The van der Waals surface area contributed by atoms with Gasteiger partial charge in [-0.1, -0.05) is 6.92 Å². The summed E-state index contributed by atoms with van der Waals surface area (Å²) in [5.74, 6) is 0.448. The molecule has 1 fully saturated rings. The molecule has 0 aromatic carbocycles. The molecule has 1 atom stereocenters. The second kappa shape index (κ2) is 7.15. The number of anilines is 1. The van der Waals surface area contributed by atoms with Crippen LogP contribution in [-0.4, -0.2) is 55.0 Å². The van der Waals surface area contributed by atoms with Crippen LogP contribution in [0.25, 0.3) is 0 Å². The Morgan fingerprint density at radius 2 is 2.14 bits per heavy atom. The molecular weight excluding hydrogens is 292 g/mol. The Morgan fingerprint density at radius 3 is 2.81 bits per heavy atom. The summed E-state index contributed by atoms with van der Waals surface area (Å²) < 4.78 is 32.1. The van der Waals surface area contributed by atoms with E-state index in [1.807, 2.05) is 13.8 Å². The van der Waals surface area contributed by atoms with Crippen LogP contribution >= 0.6 is 0 Å². The molecule has 1 N–H and O–H groups in total. The number of hydrogen-bond acceptors (Lipinski definition) is 6. The van der Waals surface area contributed by atoms with Crippen LogP contribution in [0.4, 0.5) is 5.95 Å². The van der Waals surface area contributed by atoms with Crippen molar-refractivity contribution < 1.29 is 13.2 Å². The van der Waals surface area contributed by atoms with Gasteiger partial charge in [0.15, 0.2) is 0 Å². The third kappa shape index (κ3) is 4.12. The molecule has 0 bridgehead atoms. The van der Waals surface area contributed by atoms with Crippen molar-refractivity contribution in [3.8, 4) is 0 Å². The normalized spacial score (nSPS) is 21.0. The molecule has 21 heavy (non-hydrogen) atoms. The van der Waals surface area contributed by atoms with Gasteiger partial charge in [-0.05, 0) is 19.8 Å². The number of hydrogen-bond donors (Lipinski definition) is 1. The van der Waals surface area contributed by atoms with E-state index in [0.29, 0.717) is 32.1 Å². The lowest BCUT2D eigenvalue weighted by molar-refractivity contribution is 0.0752. The molecule has 118 valence electrons. The summed E-state index contributed by atoms with van der Waals surface area (Å²) in [5, 5.41) is 3.02. The lowest BCUT2D eigenvalue weighted by Crippen LogP contribution is -2.36. The number of ether oxygens (including phenoxy) is 1. The van der Waals surface area contributed by atoms with E-state index >= 15 is 0 Å². The van der Waals surface area contributed by atoms with Crippen LogP contribution in [-0.2, 0) is 14.8 Å². The van der Waals surface area contributed by atoms with Crippen molar-refractivity contribution in [2.24, 2.45) is 0 Å². The van der Waals surface area contributed by atoms with E-state index in [1.54, 1.807) is 0 Å². The van der Waals surface area contributed by atoms with Crippen LogP contribution < -0.4 is 5.32 Å². The quantitative estimate of drug-likeness (QED) is 0.876. The number of rotatable bonds is 5. The minimum atomic E-state index is -3.55. The van der Waals surface area contributed by atoms with Crippen molar-refractivity contribution in [1.29, 1.82) is 0 Å². The van der Waals surface area contributed by atoms with E-state index in [0.717, 1.165) is 13.0 Å². The van der Waals surface area contributed by atoms with E-state index in [4.69, 9.17) is 4.74 Å². The van der Waals surface area contributed by atoms with Crippen molar-refractivity contribution in [2.45, 2.75) is 37.7 Å². The highest BCUT2D eigenvalue weighted by molar-refractivity contribution is 7.89. The van der Waals surface area contributed by atoms with Gasteiger partial charge in [0.2, 0.25) is 16.0 Å². The molecule has 0 aliphatic carbocycles. The van der Waals surface area contributed by atoms with E-state index in [2.05, 4.69) is 15.3 Å². The zero-order valence-electron chi connectivity index (χ0n) is 12.4. The summed E-state index contributed by atoms with van der Waals surface area (Å²) in [6.45, 7) is 6.08. The SMILES string of the molecule is CCCNc1ncc(S(=O)(=O)N2CCCOC(C)C2)cn1. The highest BCUT2D eigenvalue weighted by Gasteiger charge is 2.28. The van der Waals surface area contributed by atoms with Crippen molar-refractivity contribution in [2.75, 3.05) is 31.6 Å². The summed E-state index contributed by atoms with van der Waals surface area (Å²) in [6, 6.07) is 0. The molecule has 1 aromatic rings. The molecule has 1 unspecified atom stereocenters. The van der Waals surface area contributed by atoms with Crippen LogP contribution in [0.2, 0.25) is 0 Å². The highest BCUT2D eigenvalue weighted by atomic mass is 32.2. The second-order valence-electron chi connectivity index (χ2n) is 5.07. The van der Waals surface area contributed by atoms with Crippen molar-refractivity contribution in [1.82, 2.24) is 14.3 Å². The summed E-state index contributed by atoms with van der Waals surface area (Å²) in [5.41, 5.74) is 0. The number of nitrogens with zero attached hydrogens (tertiary/aromatic N) is 3. The van der Waals surface area contributed by atoms with Gasteiger partial charge in [-0.3, -0.25) is 0 Å². The van der Waals surface area contributed by atoms with Crippen molar-refractivity contribution in [3.63, 3.8) is 0 Å². The second-order valence-corrected chi connectivity index (χ2v) is 7.01. The van der Waals surface area contributed by atoms with E-state index < -0.39 is 10.0 Å². The maximum atomic E-state index is 12.6. The maximum Gasteiger partial charge on any atom is 0.246 e. The average Bonchev–Trinajstić information content (AvgIpc) is 2.70. The Labute approximate surface area is 125 Å². The summed E-state index contributed by atoms with van der Waals surface area (Å²) in [7, 11) is -3.55. The minimum Gasteiger partial charge on any atom is -0.377 e. The Hall–Kier alpha value is -1.25. The van der Waals surface area contributed by atoms with Crippen LogP contribution in [0.1, 0.15) is 26.7 Å². The van der Waals surface area contributed by atoms with Gasteiger partial charge in [0.1, 0.15) is 4.90 Å². The Bertz CT molecular complexity index is 547. The van der Waals surface area contributed by atoms with Crippen molar-refractivity contribution in [3.05, 3.63) is 12.4 Å². The Kier molecular flexibility index (Phi) is 5.49. The fourth-order valence-corrected chi connectivity index (χ4v) is 3.55. The van der Waals surface area contributed by atoms with Gasteiger partial charge in [-0.2, -0.15) is 4.31 Å². The van der Waals surface area contributed by atoms with Gasteiger partial charge in [0, 0.05) is 26.2 Å². The number of aromatic nitrogens is 2. The number of sulfonamides is 1. The summed E-state index contributed by atoms with van der Waals surface area (Å²) in [6.07, 6.45) is 4.26. The van der Waals surface area contributed by atoms with Gasteiger partial charge >= 0.3 is 0 Å². The Morgan fingerprint density at radius 1 is 1.43 bits per heavy atom. The Balaban J connectivity index is 2.14. The standard InChI is InChI=1S/C13H22N4O3S/c1-3-5-14-13-15-8-12(9-16-13)21(18,19)17-6-4-7-20-11(2)10-17/h8-9,11H,3-7,10H2,1-2H3,(H,14,15,16). The molecule has 0 radical (unpaired) electrons. The molecule has 0 amide bonds. The average molecular weight is 314 g/mol. The zero-order chi connectivity index (χ0) is 15.3. The molecular formula is C13H22N4O3S. The first-order valence-electron chi connectivity index (χ1n) is 7.21. The number of nitrogens with one attached hydrogen (secondary N) is 1. The predicted octanol–water partition coefficient (Wildman–Crippen LogP) is 1.10. The molecule has 7 nitrogen and oxygen atoms in total. The molecule has 0 spiro atoms. The largest absolute Gasteiger partial charge is 0.377 e. The smallest absolute Gasteiger partial charge is 0.246 e. The van der Waals surface area contributed by atoms with Crippen LogP contribution in [0, 0.1) is 0 Å². The fraction of sp³-hybridized carbons (Fsp3) is 0.692. The first kappa shape index (κ1) is 16.1. The van der Waals surface area contributed by atoms with E-state index in [9.17, 15) is 8.42 Å². The molecule has 2 rings (SSSR count). The molecule has 1 aliphatic rings. The molecule has 1 aliphatic heterocycles. The van der Waals surface area contributed by atoms with Crippen LogP contribution in [0.3, 0.4) is 0 Å². The predicted molar refractivity (Wildman–Crippen MR) is 79.6 cm³/mol. The lowest BCUT2D eigenvalue weighted by atomic mass is 10.4. The van der Waals surface area contributed by atoms with Gasteiger partial charge in [0.25, 0.3) is 0 Å². The van der Waals surface area contributed by atoms with Crippen LogP contribution in [0.5, 0.6) is 0 Å². The molecule has 1 aromatic heterocycles. The lowest BCUT2D eigenvalue weighted by Gasteiger charge is -2.21. The van der Waals surface area contributed by atoms with Crippen molar-refractivity contribution >= 4 is 16.0 Å². The first-order valence-corrected chi connectivity index (χ1v) is 8.65. The van der Waals surface area contributed by atoms with Gasteiger partial charge in [-0.25, -0.2) is 18.4 Å². The minimum absolute atomic E-state index is 0.103. The topological polar surface area (TPSA) is 84.4 Å². The maximum absolute atomic E-state index is 12.6. The van der Waals surface area contributed by atoms with Gasteiger partial charge in [0.05, 0.1) is 18.5 Å². The fourth-order valence-electron chi connectivity index (χ4n) is 2.10. The zero-order valence-corrected chi connectivity index (χ0v) is 13.3.